The smallest absolute Gasteiger partial charge is 0.341 e. The molecule has 7 nitrogen and oxygen atoms in total. The van der Waals surface area contributed by atoms with E-state index in [0.29, 0.717) is 31.2 Å². The van der Waals surface area contributed by atoms with Crippen molar-refractivity contribution in [3.63, 3.8) is 0 Å². The van der Waals surface area contributed by atoms with Crippen molar-refractivity contribution in [1.82, 2.24) is 14.9 Å². The Bertz CT molecular complexity index is 1110. The van der Waals surface area contributed by atoms with Crippen LogP contribution in [0.15, 0.2) is 28.6 Å². The molecule has 154 valence electrons. The van der Waals surface area contributed by atoms with Crippen molar-refractivity contribution >= 4 is 46.3 Å². The molecule has 0 amide bonds. The van der Waals surface area contributed by atoms with Gasteiger partial charge in [-0.1, -0.05) is 0 Å². The fourth-order valence-corrected chi connectivity index (χ4v) is 4.02. The fourth-order valence-electron chi connectivity index (χ4n) is 3.41. The number of carboxylic acid groups (broad SMARTS) is 1. The van der Waals surface area contributed by atoms with Gasteiger partial charge in [0.15, 0.2) is 5.82 Å². The molecule has 1 aliphatic rings. The number of carbonyl (C=O) groups is 1. The number of benzene rings is 1. The molecule has 1 saturated heterocycles. The zero-order valence-corrected chi connectivity index (χ0v) is 16.7. The molecule has 0 bridgehead atoms. The lowest BCUT2D eigenvalue weighted by molar-refractivity contribution is 0.0695. The average Bonchev–Trinajstić information content (AvgIpc) is 3.17. The predicted molar refractivity (Wildman–Crippen MR) is 109 cm³/mol. The molecule has 2 N–H and O–H groups in total. The summed E-state index contributed by atoms with van der Waals surface area (Å²) in [4.78, 5) is 29.7. The second kappa shape index (κ2) is 8.44. The molecule has 11 heteroatoms. The first kappa shape index (κ1) is 21.2. The first-order chi connectivity index (χ1) is 13.5. The monoisotopic (exact) mass is 442 g/mol. The SMILES string of the molecule is Cl.O=C(O)c1cn(Cc2nccs2)c2c(F)c(N3CCNCC3)c(F)cc2c1=O. The van der Waals surface area contributed by atoms with Crippen LogP contribution in [-0.2, 0) is 6.54 Å². The molecule has 1 fully saturated rings. The third-order valence-corrected chi connectivity index (χ3v) is 5.45. The Hall–Kier alpha value is -2.56. The van der Waals surface area contributed by atoms with Gasteiger partial charge in [-0.05, 0) is 6.07 Å². The molecule has 29 heavy (non-hydrogen) atoms. The lowest BCUT2D eigenvalue weighted by Crippen LogP contribution is -2.44. The highest BCUT2D eigenvalue weighted by atomic mass is 35.5. The molecule has 0 radical (unpaired) electrons. The molecule has 3 aromatic rings. The van der Waals surface area contributed by atoms with Crippen LogP contribution in [-0.4, -0.2) is 46.8 Å². The molecular formula is C18H17ClF2N4O3S. The maximum Gasteiger partial charge on any atom is 0.341 e. The van der Waals surface area contributed by atoms with Gasteiger partial charge >= 0.3 is 5.97 Å². The Balaban J connectivity index is 0.00000240. The van der Waals surface area contributed by atoms with Crippen LogP contribution >= 0.6 is 23.7 Å². The lowest BCUT2D eigenvalue weighted by Gasteiger charge is -2.30. The largest absolute Gasteiger partial charge is 0.477 e. The molecule has 0 aliphatic carbocycles. The highest BCUT2D eigenvalue weighted by Crippen LogP contribution is 2.30. The van der Waals surface area contributed by atoms with Crippen molar-refractivity contribution in [2.75, 3.05) is 31.1 Å². The zero-order valence-electron chi connectivity index (χ0n) is 15.0. The van der Waals surface area contributed by atoms with Gasteiger partial charge in [0, 0.05) is 44.0 Å². The van der Waals surface area contributed by atoms with Gasteiger partial charge in [-0.3, -0.25) is 4.79 Å². The molecule has 1 aromatic carbocycles. The number of nitrogens with zero attached hydrogens (tertiary/aromatic N) is 3. The second-order valence-electron chi connectivity index (χ2n) is 6.38. The second-order valence-corrected chi connectivity index (χ2v) is 7.36. The van der Waals surface area contributed by atoms with E-state index in [4.69, 9.17) is 0 Å². The summed E-state index contributed by atoms with van der Waals surface area (Å²) in [5, 5.41) is 14.5. The number of thiazole rings is 1. The van der Waals surface area contributed by atoms with Gasteiger partial charge < -0.3 is 19.9 Å². The van der Waals surface area contributed by atoms with E-state index in [1.807, 2.05) is 0 Å². The number of aromatic nitrogens is 2. The summed E-state index contributed by atoms with van der Waals surface area (Å²) >= 11 is 1.31. The summed E-state index contributed by atoms with van der Waals surface area (Å²) in [6.45, 7) is 2.08. The molecule has 0 unspecified atom stereocenters. The van der Waals surface area contributed by atoms with E-state index in [1.54, 1.807) is 16.5 Å². The van der Waals surface area contributed by atoms with E-state index in [1.165, 1.54) is 15.9 Å². The van der Waals surface area contributed by atoms with Crippen molar-refractivity contribution < 1.29 is 18.7 Å². The number of fused-ring (bicyclic) bond motifs is 1. The number of piperazine rings is 1. The van der Waals surface area contributed by atoms with E-state index in [2.05, 4.69) is 10.3 Å². The maximum absolute atomic E-state index is 15.5. The molecule has 1 aliphatic heterocycles. The van der Waals surface area contributed by atoms with Gasteiger partial charge in [0.25, 0.3) is 0 Å². The standard InChI is InChI=1S/C18H16F2N4O3S.ClH/c19-12-7-10-15(14(20)16(12)23-4-1-21-2-5-23)24(9-13-22-3-6-28-13)8-11(17(10)25)18(26)27;/h3,6-8,21H,1-2,4-5,9H2,(H,26,27);1H. The number of aromatic carboxylic acids is 1. The van der Waals surface area contributed by atoms with Crippen LogP contribution in [0.25, 0.3) is 10.9 Å². The van der Waals surface area contributed by atoms with Crippen LogP contribution in [0.2, 0.25) is 0 Å². The minimum absolute atomic E-state index is 0. The van der Waals surface area contributed by atoms with Crippen LogP contribution < -0.4 is 15.6 Å². The maximum atomic E-state index is 15.5. The number of anilines is 1. The summed E-state index contributed by atoms with van der Waals surface area (Å²) < 4.78 is 31.6. The van der Waals surface area contributed by atoms with E-state index in [0.717, 1.165) is 12.3 Å². The van der Waals surface area contributed by atoms with Crippen molar-refractivity contribution in [3.8, 4) is 0 Å². The van der Waals surface area contributed by atoms with Crippen LogP contribution in [0.5, 0.6) is 0 Å². The molecule has 0 saturated carbocycles. The van der Waals surface area contributed by atoms with Gasteiger partial charge in [-0.2, -0.15) is 0 Å². The quantitative estimate of drug-likeness (QED) is 0.644. The summed E-state index contributed by atoms with van der Waals surface area (Å²) in [7, 11) is 0. The van der Waals surface area contributed by atoms with Gasteiger partial charge in [0.1, 0.15) is 22.1 Å². The number of nitrogens with one attached hydrogen (secondary N) is 1. The molecule has 0 atom stereocenters. The number of carboxylic acids is 1. The Morgan fingerprint density at radius 3 is 2.66 bits per heavy atom. The molecule has 4 rings (SSSR count). The first-order valence-corrected chi connectivity index (χ1v) is 9.48. The summed E-state index contributed by atoms with van der Waals surface area (Å²) in [5.74, 6) is -3.21. The Morgan fingerprint density at radius 1 is 1.31 bits per heavy atom. The highest BCUT2D eigenvalue weighted by molar-refractivity contribution is 7.09. The van der Waals surface area contributed by atoms with E-state index in [-0.39, 0.29) is 35.5 Å². The number of pyridine rings is 1. The summed E-state index contributed by atoms with van der Waals surface area (Å²) in [5.41, 5.74) is -1.79. The van der Waals surface area contributed by atoms with Gasteiger partial charge in [-0.25, -0.2) is 18.6 Å². The average molecular weight is 443 g/mol. The third-order valence-electron chi connectivity index (χ3n) is 4.68. The highest BCUT2D eigenvalue weighted by Gasteiger charge is 2.26. The number of halogens is 3. The molecule has 2 aromatic heterocycles. The van der Waals surface area contributed by atoms with Gasteiger partial charge in [-0.15, -0.1) is 23.7 Å². The summed E-state index contributed by atoms with van der Waals surface area (Å²) in [6.07, 6.45) is 2.67. The lowest BCUT2D eigenvalue weighted by atomic mass is 10.1. The minimum atomic E-state index is -1.45. The van der Waals surface area contributed by atoms with Crippen LogP contribution in [0.3, 0.4) is 0 Å². The summed E-state index contributed by atoms with van der Waals surface area (Å²) in [6, 6.07) is 0.933. The molecule has 3 heterocycles. The van der Waals surface area contributed by atoms with Crippen molar-refractivity contribution in [3.05, 3.63) is 56.3 Å². The number of hydrogen-bond acceptors (Lipinski definition) is 6. The van der Waals surface area contributed by atoms with E-state index in [9.17, 15) is 19.1 Å². The van der Waals surface area contributed by atoms with Gasteiger partial charge in [0.05, 0.1) is 17.4 Å². The van der Waals surface area contributed by atoms with Crippen molar-refractivity contribution in [2.24, 2.45) is 0 Å². The van der Waals surface area contributed by atoms with Crippen LogP contribution in [0.1, 0.15) is 15.4 Å². The fraction of sp³-hybridized carbons (Fsp3) is 0.278. The minimum Gasteiger partial charge on any atom is -0.477 e. The van der Waals surface area contributed by atoms with Crippen molar-refractivity contribution in [2.45, 2.75) is 6.54 Å². The van der Waals surface area contributed by atoms with E-state index >= 15 is 4.39 Å². The molecule has 0 spiro atoms. The van der Waals surface area contributed by atoms with Crippen molar-refractivity contribution in [1.29, 1.82) is 0 Å². The van der Waals surface area contributed by atoms with E-state index < -0.39 is 28.6 Å². The molecular weight excluding hydrogens is 426 g/mol. The van der Waals surface area contributed by atoms with Crippen LogP contribution in [0, 0.1) is 11.6 Å². The Kier molecular flexibility index (Phi) is 6.15. The van der Waals surface area contributed by atoms with Gasteiger partial charge in [0.2, 0.25) is 5.43 Å². The topological polar surface area (TPSA) is 87.5 Å². The zero-order chi connectivity index (χ0) is 19.8. The Labute approximate surface area is 174 Å². The number of hydrogen-bond donors (Lipinski definition) is 2. The van der Waals surface area contributed by atoms with Crippen LogP contribution in [0.4, 0.5) is 14.5 Å². The third kappa shape index (κ3) is 3.83. The first-order valence-electron chi connectivity index (χ1n) is 8.60. The normalized spacial score (nSPS) is 14.1. The predicted octanol–water partition coefficient (Wildman–Crippen LogP) is 2.31. The number of rotatable bonds is 4. The Morgan fingerprint density at radius 2 is 2.03 bits per heavy atom.